The lowest BCUT2D eigenvalue weighted by Gasteiger charge is -2.07. The van der Waals surface area contributed by atoms with Crippen LogP contribution < -0.4 is 5.32 Å². The molecule has 0 saturated heterocycles. The quantitative estimate of drug-likeness (QED) is 0.750. The van der Waals surface area contributed by atoms with E-state index in [1.165, 1.54) is 5.56 Å². The van der Waals surface area contributed by atoms with Crippen molar-refractivity contribution in [2.24, 2.45) is 0 Å². The van der Waals surface area contributed by atoms with Crippen LogP contribution in [0, 0.1) is 0 Å². The lowest BCUT2D eigenvalue weighted by Crippen LogP contribution is -1.97. The van der Waals surface area contributed by atoms with Gasteiger partial charge in [0, 0.05) is 12.2 Å². The molecule has 0 bridgehead atoms. The van der Waals surface area contributed by atoms with Crippen molar-refractivity contribution in [3.63, 3.8) is 0 Å². The summed E-state index contributed by atoms with van der Waals surface area (Å²) in [5.74, 6) is -0.0860. The summed E-state index contributed by atoms with van der Waals surface area (Å²) in [6.07, 6.45) is 0. The molecule has 0 atom stereocenters. The maximum absolute atomic E-state index is 9.42. The lowest BCUT2D eigenvalue weighted by molar-refractivity contribution is 0.476. The van der Waals surface area contributed by atoms with Crippen LogP contribution in [0.25, 0.3) is 0 Å². The first-order chi connectivity index (χ1) is 8.06. The molecule has 0 aliphatic heterocycles. The minimum atomic E-state index is -0.0860. The Balaban J connectivity index is 2.09. The zero-order valence-corrected chi connectivity index (χ0v) is 12.4. The fraction of sp³-hybridized carbons (Fsp3) is 0.0909. The minimum Gasteiger partial charge on any atom is -0.505 e. The first kappa shape index (κ1) is 13.0. The fourth-order valence-corrected chi connectivity index (χ4v) is 3.01. The predicted molar refractivity (Wildman–Crippen MR) is 77.5 cm³/mol. The van der Waals surface area contributed by atoms with Crippen LogP contribution in [0.15, 0.2) is 27.4 Å². The van der Waals surface area contributed by atoms with Crippen molar-refractivity contribution in [1.82, 2.24) is 0 Å². The first-order valence-corrected chi connectivity index (χ1v) is 7.14. The number of anilines is 1. The van der Waals surface area contributed by atoms with Crippen molar-refractivity contribution in [2.75, 3.05) is 5.32 Å². The third-order valence-electron chi connectivity index (χ3n) is 2.14. The molecular formula is C11H8BrCl2NOS. The van der Waals surface area contributed by atoms with E-state index in [9.17, 15) is 5.11 Å². The highest BCUT2D eigenvalue weighted by atomic mass is 79.9. The van der Waals surface area contributed by atoms with Gasteiger partial charge in [-0.2, -0.15) is 0 Å². The van der Waals surface area contributed by atoms with Gasteiger partial charge < -0.3 is 10.4 Å². The fourth-order valence-electron chi connectivity index (χ4n) is 1.31. The summed E-state index contributed by atoms with van der Waals surface area (Å²) < 4.78 is 1.09. The summed E-state index contributed by atoms with van der Waals surface area (Å²) in [6.45, 7) is 0.680. The van der Waals surface area contributed by atoms with Crippen molar-refractivity contribution in [3.05, 3.63) is 43.0 Å². The van der Waals surface area contributed by atoms with Crippen LogP contribution in [0.5, 0.6) is 5.75 Å². The third kappa shape index (κ3) is 3.28. The summed E-state index contributed by atoms with van der Waals surface area (Å²) in [4.78, 5) is 0. The third-order valence-corrected chi connectivity index (χ3v) is 4.26. The summed E-state index contributed by atoms with van der Waals surface area (Å²) in [6, 6.07) is 5.33. The zero-order chi connectivity index (χ0) is 12.4. The molecule has 2 N–H and O–H groups in total. The highest BCUT2D eigenvalue weighted by molar-refractivity contribution is 9.11. The minimum absolute atomic E-state index is 0.0860. The molecule has 0 aliphatic rings. The van der Waals surface area contributed by atoms with Gasteiger partial charge in [0.1, 0.15) is 0 Å². The SMILES string of the molecule is Oc1c(Cl)cc(NCc2csc(Br)c2)cc1Cl. The van der Waals surface area contributed by atoms with Crippen molar-refractivity contribution in [1.29, 1.82) is 0 Å². The van der Waals surface area contributed by atoms with E-state index in [0.717, 1.165) is 9.47 Å². The van der Waals surface area contributed by atoms with Gasteiger partial charge in [-0.1, -0.05) is 23.2 Å². The highest BCUT2D eigenvalue weighted by Crippen LogP contribution is 2.34. The molecular weight excluding hydrogens is 345 g/mol. The van der Waals surface area contributed by atoms with E-state index in [1.54, 1.807) is 23.5 Å². The van der Waals surface area contributed by atoms with Crippen LogP contribution in [-0.2, 0) is 6.54 Å². The Hall–Kier alpha value is -0.420. The summed E-state index contributed by atoms with van der Waals surface area (Å²) in [5.41, 5.74) is 1.95. The molecule has 0 radical (unpaired) electrons. The lowest BCUT2D eigenvalue weighted by atomic mass is 10.2. The van der Waals surface area contributed by atoms with E-state index >= 15 is 0 Å². The normalized spacial score (nSPS) is 10.5. The number of phenols is 1. The van der Waals surface area contributed by atoms with E-state index in [1.807, 2.05) is 6.07 Å². The Morgan fingerprint density at radius 1 is 1.24 bits per heavy atom. The van der Waals surface area contributed by atoms with Crippen LogP contribution in [-0.4, -0.2) is 5.11 Å². The van der Waals surface area contributed by atoms with Crippen molar-refractivity contribution < 1.29 is 5.11 Å². The van der Waals surface area contributed by atoms with Crippen LogP contribution in [0.2, 0.25) is 10.0 Å². The first-order valence-electron chi connectivity index (χ1n) is 4.71. The average Bonchev–Trinajstić information content (AvgIpc) is 2.69. The molecule has 0 amide bonds. The Labute approximate surface area is 121 Å². The summed E-state index contributed by atoms with van der Waals surface area (Å²) in [7, 11) is 0. The zero-order valence-electron chi connectivity index (χ0n) is 8.51. The van der Waals surface area contributed by atoms with Gasteiger partial charge in [0.15, 0.2) is 5.75 Å². The Morgan fingerprint density at radius 3 is 2.41 bits per heavy atom. The van der Waals surface area contributed by atoms with Crippen LogP contribution >= 0.6 is 50.5 Å². The molecule has 0 fully saturated rings. The molecule has 1 aromatic heterocycles. The van der Waals surface area contributed by atoms with Crippen LogP contribution in [0.1, 0.15) is 5.56 Å². The van der Waals surface area contributed by atoms with Crippen LogP contribution in [0.3, 0.4) is 0 Å². The number of thiophene rings is 1. The molecule has 1 heterocycles. The topological polar surface area (TPSA) is 32.3 Å². The average molecular weight is 353 g/mol. The number of rotatable bonds is 3. The van der Waals surface area contributed by atoms with Gasteiger partial charge in [0.2, 0.25) is 0 Å². The molecule has 0 spiro atoms. The van der Waals surface area contributed by atoms with Crippen molar-refractivity contribution in [3.8, 4) is 5.75 Å². The number of phenolic OH excluding ortho intramolecular Hbond substituents is 1. The Bertz CT molecular complexity index is 521. The Kier molecular flexibility index (Phi) is 4.20. The second-order valence-corrected chi connectivity index (χ2v) is 6.51. The van der Waals surface area contributed by atoms with E-state index in [0.29, 0.717) is 6.54 Å². The maximum atomic E-state index is 9.42. The molecule has 0 saturated carbocycles. The van der Waals surface area contributed by atoms with Gasteiger partial charge in [0.05, 0.1) is 13.8 Å². The number of aromatic hydroxyl groups is 1. The number of nitrogens with one attached hydrogen (secondary N) is 1. The molecule has 2 nitrogen and oxygen atoms in total. The highest BCUT2D eigenvalue weighted by Gasteiger charge is 2.06. The van der Waals surface area contributed by atoms with E-state index in [2.05, 4.69) is 26.6 Å². The van der Waals surface area contributed by atoms with Crippen molar-refractivity contribution in [2.45, 2.75) is 6.54 Å². The second kappa shape index (κ2) is 5.48. The van der Waals surface area contributed by atoms with E-state index < -0.39 is 0 Å². The van der Waals surface area contributed by atoms with Gasteiger partial charge in [0.25, 0.3) is 0 Å². The molecule has 0 aliphatic carbocycles. The molecule has 2 aromatic rings. The summed E-state index contributed by atoms with van der Waals surface area (Å²) in [5, 5.41) is 15.2. The monoisotopic (exact) mass is 351 g/mol. The largest absolute Gasteiger partial charge is 0.505 e. The van der Waals surface area contributed by atoms with Crippen molar-refractivity contribution >= 4 is 56.2 Å². The van der Waals surface area contributed by atoms with Gasteiger partial charge in [-0.05, 0) is 45.1 Å². The standard InChI is InChI=1S/C11H8BrCl2NOS/c12-10-1-6(5-17-10)4-15-7-2-8(13)11(16)9(14)3-7/h1-3,5,15-16H,4H2. The predicted octanol–water partition coefficient (Wildman–Crippen LogP) is 5.14. The van der Waals surface area contributed by atoms with Gasteiger partial charge in [-0.25, -0.2) is 0 Å². The molecule has 17 heavy (non-hydrogen) atoms. The number of halogens is 3. The van der Waals surface area contributed by atoms with Gasteiger partial charge in [-0.3, -0.25) is 0 Å². The van der Waals surface area contributed by atoms with Crippen LogP contribution in [0.4, 0.5) is 5.69 Å². The Morgan fingerprint density at radius 2 is 1.88 bits per heavy atom. The van der Waals surface area contributed by atoms with E-state index in [4.69, 9.17) is 23.2 Å². The number of benzene rings is 1. The molecule has 2 rings (SSSR count). The summed E-state index contributed by atoms with van der Waals surface area (Å²) >= 11 is 16.7. The molecule has 0 unspecified atom stereocenters. The van der Waals surface area contributed by atoms with Gasteiger partial charge >= 0.3 is 0 Å². The maximum Gasteiger partial charge on any atom is 0.152 e. The molecule has 6 heteroatoms. The molecule has 1 aromatic carbocycles. The number of hydrogen-bond donors (Lipinski definition) is 2. The van der Waals surface area contributed by atoms with E-state index in [-0.39, 0.29) is 15.8 Å². The smallest absolute Gasteiger partial charge is 0.152 e. The molecule has 90 valence electrons. The van der Waals surface area contributed by atoms with Gasteiger partial charge in [-0.15, -0.1) is 11.3 Å². The second-order valence-electron chi connectivity index (χ2n) is 3.40. The number of hydrogen-bond acceptors (Lipinski definition) is 3.